The van der Waals surface area contributed by atoms with Gasteiger partial charge in [-0.05, 0) is 56.6 Å². The standard InChI is InChI=1S/C20H23N3O.ClH/c1-2-23-18-6-4-3-5-16(18)17-12-15(7-8-19(17)23)22-20(24)11-14-9-10-21-13-14;/h3-8,12,14,21H,2,9-11,13H2,1H3,(H,22,24);1H. The summed E-state index contributed by atoms with van der Waals surface area (Å²) >= 11 is 0. The summed E-state index contributed by atoms with van der Waals surface area (Å²) in [6.07, 6.45) is 1.69. The first-order chi connectivity index (χ1) is 11.8. The van der Waals surface area contributed by atoms with Gasteiger partial charge in [-0.3, -0.25) is 4.79 Å². The van der Waals surface area contributed by atoms with E-state index in [-0.39, 0.29) is 18.3 Å². The number of nitrogens with zero attached hydrogens (tertiary/aromatic N) is 1. The summed E-state index contributed by atoms with van der Waals surface area (Å²) < 4.78 is 2.32. The summed E-state index contributed by atoms with van der Waals surface area (Å²) in [6.45, 7) is 5.08. The number of halogens is 1. The monoisotopic (exact) mass is 357 g/mol. The second-order valence-electron chi connectivity index (χ2n) is 6.60. The number of benzene rings is 2. The van der Waals surface area contributed by atoms with E-state index >= 15 is 0 Å². The molecule has 0 bridgehead atoms. The van der Waals surface area contributed by atoms with Crippen molar-refractivity contribution in [3.8, 4) is 0 Å². The average molecular weight is 358 g/mol. The Morgan fingerprint density at radius 1 is 1.20 bits per heavy atom. The van der Waals surface area contributed by atoms with Crippen LogP contribution in [0.15, 0.2) is 42.5 Å². The molecule has 4 nitrogen and oxygen atoms in total. The molecular formula is C20H24ClN3O. The topological polar surface area (TPSA) is 46.1 Å². The van der Waals surface area contributed by atoms with E-state index in [1.807, 2.05) is 6.07 Å². The number of rotatable bonds is 4. The predicted octanol–water partition coefficient (Wildman–Crippen LogP) is 4.17. The molecule has 132 valence electrons. The Morgan fingerprint density at radius 3 is 2.76 bits per heavy atom. The minimum absolute atomic E-state index is 0. The summed E-state index contributed by atoms with van der Waals surface area (Å²) in [5.41, 5.74) is 3.35. The molecule has 2 N–H and O–H groups in total. The van der Waals surface area contributed by atoms with Crippen molar-refractivity contribution in [2.45, 2.75) is 26.3 Å². The van der Waals surface area contributed by atoms with Crippen molar-refractivity contribution in [1.82, 2.24) is 9.88 Å². The molecule has 0 aliphatic carbocycles. The minimum atomic E-state index is 0. The van der Waals surface area contributed by atoms with E-state index < -0.39 is 0 Å². The first kappa shape index (κ1) is 17.8. The van der Waals surface area contributed by atoms with Crippen LogP contribution in [0.5, 0.6) is 0 Å². The molecule has 0 spiro atoms. The van der Waals surface area contributed by atoms with E-state index in [9.17, 15) is 4.79 Å². The van der Waals surface area contributed by atoms with Crippen LogP contribution in [-0.4, -0.2) is 23.6 Å². The van der Waals surface area contributed by atoms with Crippen molar-refractivity contribution in [2.75, 3.05) is 18.4 Å². The molecule has 1 aliphatic rings. The van der Waals surface area contributed by atoms with Crippen LogP contribution in [0.25, 0.3) is 21.8 Å². The van der Waals surface area contributed by atoms with Crippen LogP contribution in [0, 0.1) is 5.92 Å². The molecule has 1 unspecified atom stereocenters. The highest BCUT2D eigenvalue weighted by atomic mass is 35.5. The normalized spacial score (nSPS) is 16.9. The molecule has 4 rings (SSSR count). The summed E-state index contributed by atoms with van der Waals surface area (Å²) in [6, 6.07) is 14.7. The van der Waals surface area contributed by atoms with E-state index in [1.165, 1.54) is 21.8 Å². The van der Waals surface area contributed by atoms with Crippen molar-refractivity contribution in [1.29, 1.82) is 0 Å². The van der Waals surface area contributed by atoms with Crippen LogP contribution in [-0.2, 0) is 11.3 Å². The van der Waals surface area contributed by atoms with Gasteiger partial charge in [-0.2, -0.15) is 0 Å². The number of carbonyl (C=O) groups is 1. The molecule has 25 heavy (non-hydrogen) atoms. The number of nitrogens with one attached hydrogen (secondary N) is 2. The third kappa shape index (κ3) is 3.37. The van der Waals surface area contributed by atoms with Gasteiger partial charge < -0.3 is 15.2 Å². The van der Waals surface area contributed by atoms with E-state index in [2.05, 4.69) is 58.5 Å². The number of amides is 1. The Morgan fingerprint density at radius 2 is 2.00 bits per heavy atom. The van der Waals surface area contributed by atoms with Gasteiger partial charge in [0.25, 0.3) is 0 Å². The zero-order valence-electron chi connectivity index (χ0n) is 14.4. The Labute approximate surface area is 154 Å². The number of aromatic nitrogens is 1. The molecule has 0 radical (unpaired) electrons. The fourth-order valence-electron chi connectivity index (χ4n) is 3.83. The molecule has 1 saturated heterocycles. The molecular weight excluding hydrogens is 334 g/mol. The van der Waals surface area contributed by atoms with Crippen LogP contribution in [0.4, 0.5) is 5.69 Å². The summed E-state index contributed by atoms with van der Waals surface area (Å²) in [5.74, 6) is 0.581. The second-order valence-corrected chi connectivity index (χ2v) is 6.60. The quantitative estimate of drug-likeness (QED) is 0.736. The molecule has 1 amide bonds. The van der Waals surface area contributed by atoms with Crippen molar-refractivity contribution in [3.05, 3.63) is 42.5 Å². The maximum Gasteiger partial charge on any atom is 0.224 e. The molecule has 3 aromatic rings. The van der Waals surface area contributed by atoms with E-state index in [4.69, 9.17) is 0 Å². The van der Waals surface area contributed by atoms with Gasteiger partial charge >= 0.3 is 0 Å². The smallest absolute Gasteiger partial charge is 0.224 e. The fourth-order valence-corrected chi connectivity index (χ4v) is 3.83. The van der Waals surface area contributed by atoms with Crippen molar-refractivity contribution >= 4 is 45.8 Å². The van der Waals surface area contributed by atoms with Gasteiger partial charge in [0.2, 0.25) is 5.91 Å². The lowest BCUT2D eigenvalue weighted by atomic mass is 10.0. The van der Waals surface area contributed by atoms with Gasteiger partial charge in [0.15, 0.2) is 0 Å². The van der Waals surface area contributed by atoms with Crippen LogP contribution >= 0.6 is 12.4 Å². The van der Waals surface area contributed by atoms with Crippen LogP contribution in [0.1, 0.15) is 19.8 Å². The summed E-state index contributed by atoms with van der Waals surface area (Å²) in [5, 5.41) is 8.83. The number of aryl methyl sites for hydroxylation is 1. The molecule has 1 fully saturated rings. The summed E-state index contributed by atoms with van der Waals surface area (Å²) in [4.78, 5) is 12.3. The highest BCUT2D eigenvalue weighted by Crippen LogP contribution is 2.31. The zero-order chi connectivity index (χ0) is 16.5. The SMILES string of the molecule is CCn1c2ccccc2c2cc(NC(=O)CC3CCNC3)ccc21.Cl. The number of hydrogen-bond acceptors (Lipinski definition) is 2. The Balaban J connectivity index is 0.00000182. The third-order valence-corrected chi connectivity index (χ3v) is 5.01. The van der Waals surface area contributed by atoms with Crippen LogP contribution in [0.3, 0.4) is 0 Å². The molecule has 0 saturated carbocycles. The average Bonchev–Trinajstić information content (AvgIpc) is 3.20. The second kappa shape index (κ2) is 7.46. The molecule has 1 aliphatic heterocycles. The maximum atomic E-state index is 12.3. The van der Waals surface area contributed by atoms with Gasteiger partial charge in [0, 0.05) is 40.5 Å². The number of hydrogen-bond donors (Lipinski definition) is 2. The lowest BCUT2D eigenvalue weighted by Crippen LogP contribution is -2.18. The highest BCUT2D eigenvalue weighted by Gasteiger charge is 2.18. The van der Waals surface area contributed by atoms with Gasteiger partial charge in [0.05, 0.1) is 0 Å². The van der Waals surface area contributed by atoms with Gasteiger partial charge in [-0.15, -0.1) is 12.4 Å². The minimum Gasteiger partial charge on any atom is -0.341 e. The van der Waals surface area contributed by atoms with E-state index in [0.717, 1.165) is 31.7 Å². The number of fused-ring (bicyclic) bond motifs is 3. The molecule has 2 heterocycles. The molecule has 2 aromatic carbocycles. The Hall–Kier alpha value is -2.04. The highest BCUT2D eigenvalue weighted by molar-refractivity contribution is 6.09. The fraction of sp³-hybridized carbons (Fsp3) is 0.350. The first-order valence-electron chi connectivity index (χ1n) is 8.78. The molecule has 1 aromatic heterocycles. The molecule has 1 atom stereocenters. The van der Waals surface area contributed by atoms with Crippen molar-refractivity contribution < 1.29 is 4.79 Å². The molecule has 5 heteroatoms. The lowest BCUT2D eigenvalue weighted by Gasteiger charge is -2.09. The van der Waals surface area contributed by atoms with Crippen LogP contribution < -0.4 is 10.6 Å². The first-order valence-corrected chi connectivity index (χ1v) is 8.78. The maximum absolute atomic E-state index is 12.3. The van der Waals surface area contributed by atoms with E-state index in [1.54, 1.807) is 0 Å². The zero-order valence-corrected chi connectivity index (χ0v) is 15.2. The van der Waals surface area contributed by atoms with Crippen molar-refractivity contribution in [3.63, 3.8) is 0 Å². The van der Waals surface area contributed by atoms with E-state index in [0.29, 0.717) is 12.3 Å². The van der Waals surface area contributed by atoms with Gasteiger partial charge in [0.1, 0.15) is 0 Å². The number of anilines is 1. The Bertz CT molecular complexity index is 896. The predicted molar refractivity (Wildman–Crippen MR) is 107 cm³/mol. The summed E-state index contributed by atoms with van der Waals surface area (Å²) in [7, 11) is 0. The van der Waals surface area contributed by atoms with Crippen molar-refractivity contribution in [2.24, 2.45) is 5.92 Å². The van der Waals surface area contributed by atoms with Gasteiger partial charge in [-0.25, -0.2) is 0 Å². The van der Waals surface area contributed by atoms with Crippen LogP contribution in [0.2, 0.25) is 0 Å². The largest absolute Gasteiger partial charge is 0.341 e. The number of para-hydroxylation sites is 1. The Kier molecular flexibility index (Phi) is 5.30. The third-order valence-electron chi connectivity index (χ3n) is 5.01. The van der Waals surface area contributed by atoms with Gasteiger partial charge in [-0.1, -0.05) is 18.2 Å². The number of carbonyl (C=O) groups excluding carboxylic acids is 1. The lowest BCUT2D eigenvalue weighted by molar-refractivity contribution is -0.116.